The van der Waals surface area contributed by atoms with Crippen LogP contribution in [0.5, 0.6) is 0 Å². The average molecular weight is 379 g/mol. The zero-order chi connectivity index (χ0) is 19.1. The van der Waals surface area contributed by atoms with Crippen molar-refractivity contribution in [3.8, 4) is 22.6 Å². The zero-order valence-corrected chi connectivity index (χ0v) is 15.7. The van der Waals surface area contributed by atoms with Crippen molar-refractivity contribution in [1.29, 1.82) is 0 Å². The van der Waals surface area contributed by atoms with E-state index in [2.05, 4.69) is 15.2 Å². The van der Waals surface area contributed by atoms with Crippen LogP contribution in [0.4, 0.5) is 4.39 Å². The molecule has 1 atom stereocenters. The number of hydrogen-bond acceptors (Lipinski definition) is 4. The van der Waals surface area contributed by atoms with Gasteiger partial charge < -0.3 is 0 Å². The lowest BCUT2D eigenvalue weighted by Gasteiger charge is -2.16. The third-order valence-electron chi connectivity index (χ3n) is 5.39. The van der Waals surface area contributed by atoms with Gasteiger partial charge in [0.25, 0.3) is 0 Å². The van der Waals surface area contributed by atoms with E-state index in [1.165, 1.54) is 12.8 Å². The van der Waals surface area contributed by atoms with Crippen LogP contribution in [0.1, 0.15) is 31.7 Å². The van der Waals surface area contributed by atoms with Crippen LogP contribution in [0.15, 0.2) is 43.2 Å². The molecule has 1 fully saturated rings. The average Bonchev–Trinajstić information content (AvgIpc) is 3.10. The maximum atomic E-state index is 12.7. The summed E-state index contributed by atoms with van der Waals surface area (Å²) in [6.45, 7) is -0.276. The van der Waals surface area contributed by atoms with Crippen LogP contribution in [0.25, 0.3) is 28.3 Å². The lowest BCUT2D eigenvalue weighted by Crippen LogP contribution is -2.12. The van der Waals surface area contributed by atoms with Gasteiger partial charge in [-0.15, -0.1) is 0 Å². The Morgan fingerprint density at radius 2 is 2.04 bits per heavy atom. The standard InChI is InChI=1S/C20H22FN7/c1-26-12-15(10-23-26)17-9-19-22-7-8-27(19)20(25-17)16-11-24-28(13-16)18(3-2-6-21)14-4-5-14/h7-14,18H,2-6H2,1H3. The molecule has 144 valence electrons. The third kappa shape index (κ3) is 3.08. The van der Waals surface area contributed by atoms with Crippen LogP contribution in [-0.4, -0.2) is 40.6 Å². The molecule has 0 aromatic carbocycles. The first kappa shape index (κ1) is 17.1. The van der Waals surface area contributed by atoms with Gasteiger partial charge in [0.15, 0.2) is 0 Å². The molecule has 0 radical (unpaired) electrons. The molecule has 28 heavy (non-hydrogen) atoms. The number of alkyl halides is 1. The molecule has 5 rings (SSSR count). The van der Waals surface area contributed by atoms with E-state index in [4.69, 9.17) is 4.98 Å². The summed E-state index contributed by atoms with van der Waals surface area (Å²) in [6, 6.07) is 2.23. The minimum Gasteiger partial charge on any atom is -0.284 e. The van der Waals surface area contributed by atoms with Gasteiger partial charge in [0, 0.05) is 43.5 Å². The van der Waals surface area contributed by atoms with Crippen LogP contribution in [0.2, 0.25) is 0 Å². The summed E-state index contributed by atoms with van der Waals surface area (Å²) >= 11 is 0. The zero-order valence-electron chi connectivity index (χ0n) is 15.7. The molecule has 0 saturated heterocycles. The van der Waals surface area contributed by atoms with E-state index in [0.717, 1.165) is 34.7 Å². The predicted octanol–water partition coefficient (Wildman–Crippen LogP) is 3.69. The first-order chi connectivity index (χ1) is 13.7. The Kier molecular flexibility index (Phi) is 4.18. The number of aromatic nitrogens is 7. The van der Waals surface area contributed by atoms with Crippen molar-refractivity contribution in [2.45, 2.75) is 31.7 Å². The summed E-state index contributed by atoms with van der Waals surface area (Å²) < 4.78 is 18.4. The second-order valence-corrected chi connectivity index (χ2v) is 7.47. The number of fused-ring (bicyclic) bond motifs is 1. The Balaban J connectivity index is 1.55. The van der Waals surface area contributed by atoms with E-state index >= 15 is 0 Å². The Labute approximate surface area is 161 Å². The second kappa shape index (κ2) is 6.85. The molecule has 1 aliphatic rings. The summed E-state index contributed by atoms with van der Waals surface area (Å²) in [5.74, 6) is 1.40. The second-order valence-electron chi connectivity index (χ2n) is 7.47. The summed E-state index contributed by atoms with van der Waals surface area (Å²) in [4.78, 5) is 9.32. The highest BCUT2D eigenvalue weighted by Gasteiger charge is 2.32. The minimum atomic E-state index is -0.276. The molecule has 0 N–H and O–H groups in total. The molecule has 0 amide bonds. The molecule has 1 unspecified atom stereocenters. The summed E-state index contributed by atoms with van der Waals surface area (Å²) in [6.07, 6.45) is 15.1. The summed E-state index contributed by atoms with van der Waals surface area (Å²) in [5.41, 5.74) is 3.53. The highest BCUT2D eigenvalue weighted by molar-refractivity contribution is 5.68. The lowest BCUT2D eigenvalue weighted by atomic mass is 10.1. The topological polar surface area (TPSA) is 65.8 Å². The highest BCUT2D eigenvalue weighted by Crippen LogP contribution is 2.42. The number of halogens is 1. The van der Waals surface area contributed by atoms with Crippen molar-refractivity contribution in [1.82, 2.24) is 33.9 Å². The fourth-order valence-corrected chi connectivity index (χ4v) is 3.81. The van der Waals surface area contributed by atoms with Gasteiger partial charge in [0.1, 0.15) is 11.5 Å². The van der Waals surface area contributed by atoms with Crippen LogP contribution in [0.3, 0.4) is 0 Å². The first-order valence-electron chi connectivity index (χ1n) is 9.66. The molecule has 1 aliphatic carbocycles. The molecular formula is C20H22FN7. The van der Waals surface area contributed by atoms with E-state index in [9.17, 15) is 4.39 Å². The molecule has 0 aliphatic heterocycles. The summed E-state index contributed by atoms with van der Waals surface area (Å²) in [7, 11) is 1.89. The quantitative estimate of drug-likeness (QED) is 0.491. The number of nitrogens with zero attached hydrogens (tertiary/aromatic N) is 7. The van der Waals surface area contributed by atoms with E-state index in [0.29, 0.717) is 12.3 Å². The van der Waals surface area contributed by atoms with Crippen molar-refractivity contribution >= 4 is 5.65 Å². The maximum Gasteiger partial charge on any atom is 0.149 e. The largest absolute Gasteiger partial charge is 0.284 e. The van der Waals surface area contributed by atoms with Crippen molar-refractivity contribution in [2.24, 2.45) is 13.0 Å². The molecule has 7 nitrogen and oxygen atoms in total. The Bertz CT molecular complexity index is 1100. The van der Waals surface area contributed by atoms with Crippen LogP contribution >= 0.6 is 0 Å². The number of aryl methyl sites for hydroxylation is 1. The van der Waals surface area contributed by atoms with Crippen LogP contribution in [-0.2, 0) is 7.05 Å². The van der Waals surface area contributed by atoms with E-state index in [1.807, 2.05) is 47.0 Å². The third-order valence-corrected chi connectivity index (χ3v) is 5.39. The van der Waals surface area contributed by atoms with E-state index in [-0.39, 0.29) is 12.7 Å². The molecular weight excluding hydrogens is 357 g/mol. The summed E-state index contributed by atoms with van der Waals surface area (Å²) in [5, 5.41) is 8.86. The number of hydrogen-bond donors (Lipinski definition) is 0. The molecule has 1 saturated carbocycles. The molecule has 4 aromatic rings. The normalized spacial score (nSPS) is 15.4. The maximum absolute atomic E-state index is 12.7. The number of imidazole rings is 1. The van der Waals surface area contributed by atoms with Gasteiger partial charge in [0.05, 0.1) is 36.4 Å². The number of rotatable bonds is 7. The Hall–Kier alpha value is -3.03. The van der Waals surface area contributed by atoms with Crippen LogP contribution in [0, 0.1) is 5.92 Å². The van der Waals surface area contributed by atoms with Gasteiger partial charge in [-0.3, -0.25) is 18.2 Å². The van der Waals surface area contributed by atoms with Gasteiger partial charge >= 0.3 is 0 Å². The molecule has 8 heteroatoms. The SMILES string of the molecule is Cn1cc(-c2cc3nccn3c(-c3cnn(C(CCCF)C4CC4)c3)n2)cn1. The van der Waals surface area contributed by atoms with Gasteiger partial charge in [-0.05, 0) is 31.6 Å². The first-order valence-corrected chi connectivity index (χ1v) is 9.66. The van der Waals surface area contributed by atoms with Crippen molar-refractivity contribution in [3.05, 3.63) is 43.2 Å². The lowest BCUT2D eigenvalue weighted by molar-refractivity contribution is 0.345. The molecule has 0 spiro atoms. The van der Waals surface area contributed by atoms with Gasteiger partial charge in [0.2, 0.25) is 0 Å². The fraction of sp³-hybridized carbons (Fsp3) is 0.400. The van der Waals surface area contributed by atoms with Gasteiger partial charge in [-0.2, -0.15) is 10.2 Å². The van der Waals surface area contributed by atoms with E-state index in [1.54, 1.807) is 17.1 Å². The Morgan fingerprint density at radius 3 is 2.79 bits per heavy atom. The molecule has 4 aromatic heterocycles. The smallest absolute Gasteiger partial charge is 0.149 e. The van der Waals surface area contributed by atoms with Gasteiger partial charge in [-0.1, -0.05) is 0 Å². The van der Waals surface area contributed by atoms with Crippen molar-refractivity contribution in [3.63, 3.8) is 0 Å². The fourth-order valence-electron chi connectivity index (χ4n) is 3.81. The van der Waals surface area contributed by atoms with Gasteiger partial charge in [-0.25, -0.2) is 9.97 Å². The molecule has 4 heterocycles. The Morgan fingerprint density at radius 1 is 1.18 bits per heavy atom. The van der Waals surface area contributed by atoms with Crippen molar-refractivity contribution < 1.29 is 4.39 Å². The highest BCUT2D eigenvalue weighted by atomic mass is 19.1. The van der Waals surface area contributed by atoms with Crippen molar-refractivity contribution in [2.75, 3.05) is 6.67 Å². The molecule has 0 bridgehead atoms. The van der Waals surface area contributed by atoms with E-state index < -0.39 is 0 Å². The van der Waals surface area contributed by atoms with Crippen LogP contribution < -0.4 is 0 Å². The monoisotopic (exact) mass is 379 g/mol. The predicted molar refractivity (Wildman–Crippen MR) is 103 cm³/mol. The minimum absolute atomic E-state index is 0.268.